The average Bonchev–Trinajstić information content (AvgIpc) is 3.05. The molecule has 3 heterocycles. The Hall–Kier alpha value is -2.44. The quantitative estimate of drug-likeness (QED) is 0.622. The number of imide groups is 1. The first-order valence-electron chi connectivity index (χ1n) is 8.65. The number of likely N-dealkylation sites (N-methyl/N-ethyl adjacent to an activating group) is 1. The SMILES string of the molecule is C=C(C)CN1C(=O)C2C(=Nc3n(C(C)CC)c(C)c(C)[n+]32)N(C)C1=O. The number of hydrogen-bond acceptors (Lipinski definition) is 3. The van der Waals surface area contributed by atoms with Crippen LogP contribution in [0.25, 0.3) is 0 Å². The van der Waals surface area contributed by atoms with Gasteiger partial charge in [-0.15, -0.1) is 0 Å². The Balaban J connectivity index is 2.16. The molecule has 0 spiro atoms. The number of amides is 3. The summed E-state index contributed by atoms with van der Waals surface area (Å²) in [7, 11) is 1.67. The molecule has 2 unspecified atom stereocenters. The summed E-state index contributed by atoms with van der Waals surface area (Å²) in [6.45, 7) is 14.2. The maximum Gasteiger partial charge on any atom is 0.402 e. The van der Waals surface area contributed by atoms with Crippen LogP contribution in [0.5, 0.6) is 0 Å². The van der Waals surface area contributed by atoms with Gasteiger partial charge in [-0.1, -0.05) is 24.1 Å². The van der Waals surface area contributed by atoms with Crippen molar-refractivity contribution >= 4 is 23.7 Å². The predicted molar refractivity (Wildman–Crippen MR) is 94.9 cm³/mol. The minimum absolute atomic E-state index is 0.228. The zero-order valence-electron chi connectivity index (χ0n) is 15.8. The van der Waals surface area contributed by atoms with E-state index in [0.717, 1.165) is 29.3 Å². The van der Waals surface area contributed by atoms with Crippen LogP contribution in [0.15, 0.2) is 17.1 Å². The van der Waals surface area contributed by atoms with Crippen molar-refractivity contribution in [3.05, 3.63) is 23.5 Å². The summed E-state index contributed by atoms with van der Waals surface area (Å²) in [5, 5.41) is 0. The zero-order chi connectivity index (χ0) is 18.6. The molecule has 1 aromatic rings. The number of imidazole rings is 1. The van der Waals surface area contributed by atoms with Crippen molar-refractivity contribution < 1.29 is 14.2 Å². The van der Waals surface area contributed by atoms with Crippen LogP contribution >= 0.6 is 0 Å². The van der Waals surface area contributed by atoms with E-state index in [1.165, 1.54) is 9.80 Å². The third-order valence-corrected chi connectivity index (χ3v) is 5.22. The van der Waals surface area contributed by atoms with Gasteiger partial charge in [-0.05, 0) is 34.1 Å². The van der Waals surface area contributed by atoms with Gasteiger partial charge in [0.25, 0.3) is 5.91 Å². The molecule has 2 aliphatic rings. The molecule has 0 N–H and O–H groups in total. The molecule has 2 aliphatic heterocycles. The molecule has 3 amide bonds. The topological polar surface area (TPSA) is 61.8 Å². The normalized spacial score (nSPS) is 20.6. The number of fused-ring (bicyclic) bond motifs is 3. The van der Waals surface area contributed by atoms with Crippen LogP contribution < -0.4 is 4.57 Å². The number of rotatable bonds is 4. The second kappa shape index (κ2) is 5.82. The number of hydrogen-bond donors (Lipinski definition) is 0. The molecule has 7 nitrogen and oxygen atoms in total. The lowest BCUT2D eigenvalue weighted by molar-refractivity contribution is -0.683. The van der Waals surface area contributed by atoms with Gasteiger partial charge >= 0.3 is 12.0 Å². The summed E-state index contributed by atoms with van der Waals surface area (Å²) in [6.07, 6.45) is 0.960. The Morgan fingerprint density at radius 3 is 2.56 bits per heavy atom. The molecule has 0 saturated carbocycles. The van der Waals surface area contributed by atoms with Gasteiger partial charge < -0.3 is 0 Å². The third-order valence-electron chi connectivity index (χ3n) is 5.22. The standard InChI is InChI=1S/C18H26N5O2/c1-8-11(4)22-12(5)13(6)23-14-15(19-17(22)23)20(7)18(25)21(16(14)24)9-10(2)3/h11,14H,2,8-9H2,1,3-7H3/q+1. The van der Waals surface area contributed by atoms with E-state index in [4.69, 9.17) is 4.99 Å². The maximum atomic E-state index is 13.1. The molecule has 25 heavy (non-hydrogen) atoms. The van der Waals surface area contributed by atoms with Crippen molar-refractivity contribution in [1.82, 2.24) is 14.4 Å². The molecule has 1 saturated heterocycles. The highest BCUT2D eigenvalue weighted by Crippen LogP contribution is 2.33. The van der Waals surface area contributed by atoms with Gasteiger partial charge in [0, 0.05) is 7.05 Å². The monoisotopic (exact) mass is 344 g/mol. The number of carbonyl (C=O) groups is 2. The fourth-order valence-electron chi connectivity index (χ4n) is 3.59. The van der Waals surface area contributed by atoms with Crippen LogP contribution in [0.4, 0.5) is 10.7 Å². The summed E-state index contributed by atoms with van der Waals surface area (Å²) in [5.41, 5.74) is 2.88. The van der Waals surface area contributed by atoms with E-state index in [-0.39, 0.29) is 24.5 Å². The molecule has 3 rings (SSSR count). The molecular weight excluding hydrogens is 318 g/mol. The molecule has 7 heteroatoms. The summed E-state index contributed by atoms with van der Waals surface area (Å²) in [6, 6.07) is -0.665. The van der Waals surface area contributed by atoms with Crippen molar-refractivity contribution in [2.45, 2.75) is 53.1 Å². The molecule has 0 radical (unpaired) electrons. The Morgan fingerprint density at radius 1 is 1.36 bits per heavy atom. The third kappa shape index (κ3) is 2.33. The zero-order valence-corrected chi connectivity index (χ0v) is 15.8. The number of nitrogens with zero attached hydrogens (tertiary/aromatic N) is 5. The maximum absolute atomic E-state index is 13.1. The van der Waals surface area contributed by atoms with E-state index in [1.807, 2.05) is 18.4 Å². The minimum Gasteiger partial charge on any atom is -0.270 e. The number of carbonyl (C=O) groups excluding carboxylic acids is 2. The average molecular weight is 344 g/mol. The lowest BCUT2D eigenvalue weighted by Gasteiger charge is -2.33. The lowest BCUT2D eigenvalue weighted by atomic mass is 10.1. The van der Waals surface area contributed by atoms with Gasteiger partial charge in [0.05, 0.1) is 12.6 Å². The summed E-state index contributed by atoms with van der Waals surface area (Å²) in [5.74, 6) is 1.01. The van der Waals surface area contributed by atoms with E-state index >= 15 is 0 Å². The van der Waals surface area contributed by atoms with Crippen LogP contribution in [0.2, 0.25) is 0 Å². The molecule has 0 aliphatic carbocycles. The van der Waals surface area contributed by atoms with Crippen LogP contribution in [0.1, 0.15) is 50.7 Å². The smallest absolute Gasteiger partial charge is 0.270 e. The molecular formula is C18H26N5O2+. The Morgan fingerprint density at radius 2 is 2.00 bits per heavy atom. The minimum atomic E-state index is -0.582. The lowest BCUT2D eigenvalue weighted by Crippen LogP contribution is -2.63. The van der Waals surface area contributed by atoms with Gasteiger partial charge in [-0.3, -0.25) is 14.6 Å². The number of amidine groups is 1. The second-order valence-corrected chi connectivity index (χ2v) is 7.06. The molecule has 0 aromatic carbocycles. The van der Waals surface area contributed by atoms with Gasteiger partial charge in [-0.2, -0.15) is 0 Å². The first kappa shape index (κ1) is 17.4. The van der Waals surface area contributed by atoms with E-state index in [1.54, 1.807) is 7.05 Å². The van der Waals surface area contributed by atoms with E-state index in [0.29, 0.717) is 5.84 Å². The molecule has 2 atom stereocenters. The fourth-order valence-corrected chi connectivity index (χ4v) is 3.59. The predicted octanol–water partition coefficient (Wildman–Crippen LogP) is 2.42. The van der Waals surface area contributed by atoms with Crippen molar-refractivity contribution in [2.24, 2.45) is 4.99 Å². The van der Waals surface area contributed by atoms with E-state index in [9.17, 15) is 9.59 Å². The van der Waals surface area contributed by atoms with Crippen LogP contribution in [0, 0.1) is 13.8 Å². The van der Waals surface area contributed by atoms with Gasteiger partial charge in [0.2, 0.25) is 11.9 Å². The molecule has 134 valence electrons. The molecule has 1 aromatic heterocycles. The van der Waals surface area contributed by atoms with Crippen molar-refractivity contribution in [3.8, 4) is 0 Å². The number of aromatic nitrogens is 2. The highest BCUT2D eigenvalue weighted by molar-refractivity contribution is 6.19. The molecule has 1 fully saturated rings. The highest BCUT2D eigenvalue weighted by atomic mass is 16.2. The van der Waals surface area contributed by atoms with Crippen molar-refractivity contribution in [3.63, 3.8) is 0 Å². The van der Waals surface area contributed by atoms with Crippen LogP contribution in [-0.2, 0) is 4.79 Å². The summed E-state index contributed by atoms with van der Waals surface area (Å²) in [4.78, 5) is 33.2. The number of aliphatic imine (C=N–C) groups is 1. The Bertz CT molecular complexity index is 820. The Kier molecular flexibility index (Phi) is 4.05. The van der Waals surface area contributed by atoms with E-state index in [2.05, 4.69) is 31.9 Å². The Labute approximate surface area is 148 Å². The largest absolute Gasteiger partial charge is 0.402 e. The van der Waals surface area contributed by atoms with Gasteiger partial charge in [0.1, 0.15) is 11.4 Å². The first-order valence-corrected chi connectivity index (χ1v) is 8.65. The summed E-state index contributed by atoms with van der Waals surface area (Å²) < 4.78 is 4.13. The second-order valence-electron chi connectivity index (χ2n) is 7.06. The van der Waals surface area contributed by atoms with Gasteiger partial charge in [-0.25, -0.2) is 13.9 Å². The molecule has 0 bridgehead atoms. The van der Waals surface area contributed by atoms with Crippen LogP contribution in [0.3, 0.4) is 0 Å². The first-order chi connectivity index (χ1) is 11.7. The number of urea groups is 1. The van der Waals surface area contributed by atoms with Crippen LogP contribution in [-0.4, -0.2) is 45.7 Å². The fraction of sp³-hybridized carbons (Fsp3) is 0.556. The van der Waals surface area contributed by atoms with Crippen molar-refractivity contribution in [1.29, 1.82) is 0 Å². The summed E-state index contributed by atoms with van der Waals surface area (Å²) >= 11 is 0. The van der Waals surface area contributed by atoms with Crippen molar-refractivity contribution in [2.75, 3.05) is 13.6 Å². The highest BCUT2D eigenvalue weighted by Gasteiger charge is 2.54. The van der Waals surface area contributed by atoms with Gasteiger partial charge in [0.15, 0.2) is 0 Å². The van der Waals surface area contributed by atoms with E-state index < -0.39 is 6.04 Å².